The largest absolute Gasteiger partial charge is 0.353 e. The third-order valence-corrected chi connectivity index (χ3v) is 8.07. The van der Waals surface area contributed by atoms with Crippen LogP contribution in [0, 0.1) is 13.8 Å². The van der Waals surface area contributed by atoms with Gasteiger partial charge in [-0.15, -0.1) is 0 Å². The van der Waals surface area contributed by atoms with Crippen LogP contribution < -0.4 is 4.90 Å². The topological polar surface area (TPSA) is 85.7 Å². The first-order chi connectivity index (χ1) is 18.2. The van der Waals surface area contributed by atoms with Gasteiger partial charge in [-0.3, -0.25) is 9.69 Å². The summed E-state index contributed by atoms with van der Waals surface area (Å²) in [5.41, 5.74) is 8.69. The lowest BCUT2D eigenvalue weighted by Crippen LogP contribution is -2.52. The van der Waals surface area contributed by atoms with Crippen molar-refractivity contribution in [1.82, 2.24) is 34.4 Å². The molecule has 9 heteroatoms. The minimum Gasteiger partial charge on any atom is -0.353 e. The Labute approximate surface area is 224 Å². The Bertz CT molecular complexity index is 1460. The second-order valence-electron chi connectivity index (χ2n) is 11.0. The van der Waals surface area contributed by atoms with Crippen molar-refractivity contribution in [2.45, 2.75) is 60.4 Å². The highest BCUT2D eigenvalue weighted by Gasteiger charge is 2.25. The molecule has 1 amide bonds. The number of hydrogen-bond donors (Lipinski definition) is 1. The van der Waals surface area contributed by atoms with Crippen LogP contribution in [0.2, 0.25) is 0 Å². The lowest BCUT2D eigenvalue weighted by molar-refractivity contribution is -0.133. The van der Waals surface area contributed by atoms with Crippen LogP contribution >= 0.6 is 0 Å². The Morgan fingerprint density at radius 1 is 1.08 bits per heavy atom. The number of H-pyrrole nitrogens is 1. The summed E-state index contributed by atoms with van der Waals surface area (Å²) in [5.74, 6) is 1.47. The molecule has 0 radical (unpaired) electrons. The molecule has 4 aromatic rings. The van der Waals surface area contributed by atoms with Crippen molar-refractivity contribution in [1.29, 1.82) is 0 Å². The predicted molar refractivity (Wildman–Crippen MR) is 153 cm³/mol. The smallest absolute Gasteiger partial charge is 0.236 e. The van der Waals surface area contributed by atoms with E-state index >= 15 is 0 Å². The van der Waals surface area contributed by atoms with E-state index in [9.17, 15) is 4.79 Å². The Balaban J connectivity index is 1.42. The van der Waals surface area contributed by atoms with Crippen molar-refractivity contribution in [3.05, 3.63) is 41.3 Å². The van der Waals surface area contributed by atoms with E-state index in [0.717, 1.165) is 72.0 Å². The number of anilines is 1. The predicted octanol–water partition coefficient (Wildman–Crippen LogP) is 4.39. The van der Waals surface area contributed by atoms with Gasteiger partial charge in [0.15, 0.2) is 5.65 Å². The number of nitrogens with zero attached hydrogens (tertiary/aromatic N) is 7. The van der Waals surface area contributed by atoms with Crippen LogP contribution in [0.15, 0.2) is 24.7 Å². The highest BCUT2D eigenvalue weighted by Crippen LogP contribution is 2.38. The number of likely N-dealkylation sites (N-methyl/N-ethyl adjacent to an activating group) is 1. The third-order valence-electron chi connectivity index (χ3n) is 8.07. The molecule has 0 unspecified atom stereocenters. The number of carbonyl (C=O) groups is 1. The number of pyridine rings is 2. The first-order valence-electron chi connectivity index (χ1n) is 13.8. The van der Waals surface area contributed by atoms with Crippen LogP contribution in [0.1, 0.15) is 57.2 Å². The molecule has 0 atom stereocenters. The van der Waals surface area contributed by atoms with Crippen LogP contribution in [-0.2, 0) is 4.79 Å². The molecule has 0 bridgehead atoms. The van der Waals surface area contributed by atoms with Crippen molar-refractivity contribution >= 4 is 28.4 Å². The van der Waals surface area contributed by atoms with E-state index < -0.39 is 0 Å². The van der Waals surface area contributed by atoms with Crippen LogP contribution in [-0.4, -0.2) is 85.6 Å². The van der Waals surface area contributed by atoms with Gasteiger partial charge in [-0.2, -0.15) is 5.10 Å². The van der Waals surface area contributed by atoms with Crippen molar-refractivity contribution < 1.29 is 4.79 Å². The minimum atomic E-state index is 0.219. The third kappa shape index (κ3) is 4.64. The number of hydrogen-bond acceptors (Lipinski definition) is 6. The number of amides is 1. The highest BCUT2D eigenvalue weighted by molar-refractivity contribution is 5.90. The van der Waals surface area contributed by atoms with Crippen LogP contribution in [0.5, 0.6) is 0 Å². The fourth-order valence-corrected chi connectivity index (χ4v) is 5.60. The van der Waals surface area contributed by atoms with E-state index in [1.165, 1.54) is 11.1 Å². The number of piperazine rings is 1. The summed E-state index contributed by atoms with van der Waals surface area (Å²) < 4.78 is 1.85. The Hall–Kier alpha value is -3.46. The van der Waals surface area contributed by atoms with E-state index in [-0.39, 0.29) is 11.8 Å². The van der Waals surface area contributed by atoms with E-state index in [1.54, 1.807) is 6.33 Å². The van der Waals surface area contributed by atoms with Gasteiger partial charge < -0.3 is 14.8 Å². The Kier molecular flexibility index (Phi) is 7.13. The van der Waals surface area contributed by atoms with Crippen molar-refractivity contribution in [3.8, 4) is 11.3 Å². The fraction of sp³-hybridized carbons (Fsp3) is 0.517. The molecule has 202 valence electrons. The Morgan fingerprint density at radius 3 is 2.47 bits per heavy atom. The standard InChI is InChI=1S/C29H40N8O/c1-8-34(19(4)5)16-25(38)36-13-11-35(12-14-36)24-10-9-23-28(33-24)26(18(2)3)27(32-23)22-15-37-29(30-17-31-37)21(7)20(22)6/h9-10,15,17-19,32H,8,11-14,16H2,1-7H3. The lowest BCUT2D eigenvalue weighted by Gasteiger charge is -2.36. The minimum absolute atomic E-state index is 0.219. The summed E-state index contributed by atoms with van der Waals surface area (Å²) in [7, 11) is 0. The summed E-state index contributed by atoms with van der Waals surface area (Å²) in [4.78, 5) is 32.7. The zero-order valence-electron chi connectivity index (χ0n) is 23.7. The molecule has 9 nitrogen and oxygen atoms in total. The molecule has 5 heterocycles. The van der Waals surface area contributed by atoms with Gasteiger partial charge in [0.2, 0.25) is 5.91 Å². The van der Waals surface area contributed by atoms with Gasteiger partial charge in [-0.05, 0) is 63.4 Å². The van der Waals surface area contributed by atoms with Crippen LogP contribution in [0.4, 0.5) is 5.82 Å². The van der Waals surface area contributed by atoms with Crippen LogP contribution in [0.3, 0.4) is 0 Å². The molecule has 4 aromatic heterocycles. The van der Waals surface area contributed by atoms with E-state index in [0.29, 0.717) is 12.6 Å². The fourth-order valence-electron chi connectivity index (χ4n) is 5.60. The second-order valence-corrected chi connectivity index (χ2v) is 11.0. The van der Waals surface area contributed by atoms with E-state index in [2.05, 4.69) is 91.7 Å². The SMILES string of the molecule is CCN(CC(=O)N1CCN(c2ccc3[nH]c(-c4cn5ncnc5c(C)c4C)c(C(C)C)c3n2)CC1)C(C)C. The van der Waals surface area contributed by atoms with Gasteiger partial charge in [-0.25, -0.2) is 14.5 Å². The molecule has 0 saturated carbocycles. The van der Waals surface area contributed by atoms with Crippen molar-refractivity contribution in [2.75, 3.05) is 44.2 Å². The first-order valence-corrected chi connectivity index (χ1v) is 13.8. The van der Waals surface area contributed by atoms with Gasteiger partial charge in [0, 0.05) is 49.5 Å². The van der Waals surface area contributed by atoms with Gasteiger partial charge in [0.25, 0.3) is 0 Å². The molecule has 1 aliphatic rings. The monoisotopic (exact) mass is 516 g/mol. The maximum absolute atomic E-state index is 12.9. The molecular formula is C29H40N8O. The van der Waals surface area contributed by atoms with Crippen molar-refractivity contribution in [3.63, 3.8) is 0 Å². The number of fused-ring (bicyclic) bond motifs is 2. The number of aryl methyl sites for hydroxylation is 1. The maximum Gasteiger partial charge on any atom is 0.236 e. The van der Waals surface area contributed by atoms with E-state index in [1.807, 2.05) is 9.42 Å². The molecule has 5 rings (SSSR count). The molecule has 0 aliphatic carbocycles. The van der Waals surface area contributed by atoms with E-state index in [4.69, 9.17) is 4.98 Å². The van der Waals surface area contributed by atoms with Gasteiger partial charge in [0.05, 0.1) is 23.3 Å². The average molecular weight is 517 g/mol. The number of carbonyl (C=O) groups excluding carboxylic acids is 1. The summed E-state index contributed by atoms with van der Waals surface area (Å²) in [6, 6.07) is 4.61. The maximum atomic E-state index is 12.9. The molecule has 1 N–H and O–H groups in total. The molecule has 0 aromatic carbocycles. The molecule has 1 aliphatic heterocycles. The molecule has 38 heavy (non-hydrogen) atoms. The second kappa shape index (κ2) is 10.4. The Morgan fingerprint density at radius 2 is 1.82 bits per heavy atom. The molecular weight excluding hydrogens is 476 g/mol. The first kappa shape index (κ1) is 26.2. The lowest BCUT2D eigenvalue weighted by atomic mass is 9.95. The normalized spacial score (nSPS) is 14.7. The summed E-state index contributed by atoms with van der Waals surface area (Å²) in [6.45, 7) is 19.5. The summed E-state index contributed by atoms with van der Waals surface area (Å²) >= 11 is 0. The number of rotatable bonds is 7. The van der Waals surface area contributed by atoms with Gasteiger partial charge in [-0.1, -0.05) is 20.8 Å². The summed E-state index contributed by atoms with van der Waals surface area (Å²) in [5, 5.41) is 4.40. The molecule has 1 saturated heterocycles. The number of aromatic nitrogens is 5. The van der Waals surface area contributed by atoms with Crippen molar-refractivity contribution in [2.24, 2.45) is 0 Å². The molecule has 0 spiro atoms. The average Bonchev–Trinajstić information content (AvgIpc) is 3.53. The summed E-state index contributed by atoms with van der Waals surface area (Å²) in [6.07, 6.45) is 3.67. The molecule has 1 fully saturated rings. The number of aromatic amines is 1. The zero-order valence-corrected chi connectivity index (χ0v) is 23.7. The highest BCUT2D eigenvalue weighted by atomic mass is 16.2. The van der Waals surface area contributed by atoms with Gasteiger partial charge in [0.1, 0.15) is 12.1 Å². The zero-order chi connectivity index (χ0) is 27.1. The quantitative estimate of drug-likeness (QED) is 0.392. The van der Waals surface area contributed by atoms with Gasteiger partial charge >= 0.3 is 0 Å². The van der Waals surface area contributed by atoms with Crippen LogP contribution in [0.25, 0.3) is 27.9 Å². The number of nitrogens with one attached hydrogen (secondary N) is 1.